The Hall–Kier alpha value is -1.60. The molecule has 1 aliphatic heterocycles. The number of hydrogen-bond donors (Lipinski definition) is 2. The van der Waals surface area contributed by atoms with Crippen molar-refractivity contribution in [3.63, 3.8) is 0 Å². The lowest BCUT2D eigenvalue weighted by Gasteiger charge is -2.25. The highest BCUT2D eigenvalue weighted by atomic mass is 32.2. The Morgan fingerprint density at radius 2 is 2.15 bits per heavy atom. The average Bonchev–Trinajstić information content (AvgIpc) is 2.41. The Bertz CT molecular complexity index is 512. The summed E-state index contributed by atoms with van der Waals surface area (Å²) in [5, 5.41) is 2.80. The van der Waals surface area contributed by atoms with E-state index < -0.39 is 10.8 Å². The van der Waals surface area contributed by atoms with Crippen molar-refractivity contribution in [3.05, 3.63) is 18.2 Å². The number of nitrogens with two attached hydrogens (primary N) is 1. The Kier molecular flexibility index (Phi) is 4.97. The number of hydrogen-bond acceptors (Lipinski definition) is 5. The number of benzene rings is 1. The molecule has 0 atom stereocenters. The van der Waals surface area contributed by atoms with Crippen LogP contribution >= 0.6 is 0 Å². The van der Waals surface area contributed by atoms with Gasteiger partial charge in [-0.25, -0.2) is 0 Å². The number of carbonyl (C=O) groups is 1. The minimum atomic E-state index is -0.732. The third-order valence-corrected chi connectivity index (χ3v) is 4.41. The molecule has 0 aliphatic carbocycles. The Morgan fingerprint density at radius 1 is 1.45 bits per heavy atom. The molecule has 20 heavy (non-hydrogen) atoms. The second-order valence-electron chi connectivity index (χ2n) is 4.63. The summed E-state index contributed by atoms with van der Waals surface area (Å²) in [5.41, 5.74) is 6.84. The Labute approximate surface area is 120 Å². The first-order valence-electron chi connectivity index (χ1n) is 6.39. The van der Waals surface area contributed by atoms with Gasteiger partial charge in [-0.15, -0.1) is 0 Å². The van der Waals surface area contributed by atoms with Crippen molar-refractivity contribution in [2.45, 2.75) is 0 Å². The molecule has 1 fully saturated rings. The minimum absolute atomic E-state index is 0.124. The van der Waals surface area contributed by atoms with E-state index in [1.165, 1.54) is 0 Å². The molecule has 0 bridgehead atoms. The van der Waals surface area contributed by atoms with Crippen molar-refractivity contribution < 1.29 is 13.7 Å². The van der Waals surface area contributed by atoms with Crippen LogP contribution in [0.25, 0.3) is 0 Å². The molecular weight excluding hydrogens is 278 g/mol. The number of amides is 1. The highest BCUT2D eigenvalue weighted by molar-refractivity contribution is 7.85. The van der Waals surface area contributed by atoms with Crippen LogP contribution in [0.3, 0.4) is 0 Å². The van der Waals surface area contributed by atoms with Crippen LogP contribution in [-0.2, 0) is 15.6 Å². The highest BCUT2D eigenvalue weighted by Gasteiger charge is 2.18. The van der Waals surface area contributed by atoms with Gasteiger partial charge in [-0.2, -0.15) is 0 Å². The number of methoxy groups -OCH3 is 1. The van der Waals surface area contributed by atoms with Crippen LogP contribution in [0.1, 0.15) is 0 Å². The monoisotopic (exact) mass is 297 g/mol. The summed E-state index contributed by atoms with van der Waals surface area (Å²) in [5.74, 6) is 1.72. The topological polar surface area (TPSA) is 84.7 Å². The van der Waals surface area contributed by atoms with Crippen LogP contribution in [0, 0.1) is 0 Å². The summed E-state index contributed by atoms with van der Waals surface area (Å²) in [4.78, 5) is 14.0. The summed E-state index contributed by atoms with van der Waals surface area (Å²) in [6.45, 7) is 1.66. The molecule has 1 aliphatic rings. The SMILES string of the molecule is COc1ccc(N)cc1NC(=O)CN1CCS(=O)CC1. The molecule has 110 valence electrons. The van der Waals surface area contributed by atoms with Gasteiger partial charge in [0, 0.05) is 41.1 Å². The summed E-state index contributed by atoms with van der Waals surface area (Å²) >= 11 is 0. The predicted molar refractivity (Wildman–Crippen MR) is 80.4 cm³/mol. The summed E-state index contributed by atoms with van der Waals surface area (Å²) in [6, 6.07) is 5.10. The molecule has 0 radical (unpaired) electrons. The molecule has 1 aromatic rings. The quantitative estimate of drug-likeness (QED) is 0.780. The minimum Gasteiger partial charge on any atom is -0.495 e. The average molecular weight is 297 g/mol. The number of nitrogens with one attached hydrogen (secondary N) is 1. The number of carbonyl (C=O) groups excluding carboxylic acids is 1. The molecule has 6 nitrogen and oxygen atoms in total. The fraction of sp³-hybridized carbons (Fsp3) is 0.462. The van der Waals surface area contributed by atoms with Gasteiger partial charge in [0.1, 0.15) is 5.75 Å². The van der Waals surface area contributed by atoms with E-state index in [1.54, 1.807) is 25.3 Å². The van der Waals surface area contributed by atoms with Crippen LogP contribution in [0.15, 0.2) is 18.2 Å². The fourth-order valence-corrected chi connectivity index (χ4v) is 3.18. The maximum absolute atomic E-state index is 12.0. The molecule has 1 heterocycles. The molecule has 0 saturated carbocycles. The molecule has 3 N–H and O–H groups in total. The van der Waals surface area contributed by atoms with Crippen LogP contribution < -0.4 is 15.8 Å². The van der Waals surface area contributed by atoms with Crippen molar-refractivity contribution in [3.8, 4) is 5.75 Å². The van der Waals surface area contributed by atoms with Crippen molar-refractivity contribution in [1.82, 2.24) is 4.90 Å². The predicted octanol–water partition coefficient (Wildman–Crippen LogP) is 0.280. The van der Waals surface area contributed by atoms with Crippen molar-refractivity contribution >= 4 is 28.1 Å². The van der Waals surface area contributed by atoms with E-state index in [9.17, 15) is 9.00 Å². The van der Waals surface area contributed by atoms with Gasteiger partial charge in [-0.1, -0.05) is 0 Å². The van der Waals surface area contributed by atoms with Crippen LogP contribution in [0.5, 0.6) is 5.75 Å². The lowest BCUT2D eigenvalue weighted by Crippen LogP contribution is -2.42. The third-order valence-electron chi connectivity index (χ3n) is 3.14. The van der Waals surface area contributed by atoms with Crippen molar-refractivity contribution in [2.75, 3.05) is 49.3 Å². The Balaban J connectivity index is 1.94. The van der Waals surface area contributed by atoms with Gasteiger partial charge in [0.25, 0.3) is 0 Å². The third kappa shape index (κ3) is 3.94. The number of nitrogens with zero attached hydrogens (tertiary/aromatic N) is 1. The maximum Gasteiger partial charge on any atom is 0.238 e. The van der Waals surface area contributed by atoms with Gasteiger partial charge in [0.2, 0.25) is 5.91 Å². The lowest BCUT2D eigenvalue weighted by atomic mass is 10.2. The van der Waals surface area contributed by atoms with Crippen molar-refractivity contribution in [1.29, 1.82) is 0 Å². The molecule has 0 aromatic heterocycles. The van der Waals surface area contributed by atoms with E-state index in [-0.39, 0.29) is 12.5 Å². The second-order valence-corrected chi connectivity index (χ2v) is 6.33. The van der Waals surface area contributed by atoms with E-state index in [2.05, 4.69) is 5.32 Å². The molecule has 1 aromatic carbocycles. The summed E-state index contributed by atoms with van der Waals surface area (Å²) in [7, 11) is 0.811. The lowest BCUT2D eigenvalue weighted by molar-refractivity contribution is -0.117. The number of rotatable bonds is 4. The van der Waals surface area contributed by atoms with Crippen molar-refractivity contribution in [2.24, 2.45) is 0 Å². The molecule has 0 unspecified atom stereocenters. The van der Waals surface area contributed by atoms with E-state index in [0.29, 0.717) is 41.7 Å². The first kappa shape index (κ1) is 14.8. The zero-order valence-corrected chi connectivity index (χ0v) is 12.2. The van der Waals surface area contributed by atoms with Crippen LogP contribution in [0.2, 0.25) is 0 Å². The molecule has 2 rings (SSSR count). The second kappa shape index (κ2) is 6.71. The van der Waals surface area contributed by atoms with Crippen LogP contribution in [0.4, 0.5) is 11.4 Å². The van der Waals surface area contributed by atoms with Crippen LogP contribution in [-0.4, -0.2) is 53.3 Å². The molecule has 7 heteroatoms. The van der Waals surface area contributed by atoms with E-state index in [4.69, 9.17) is 10.5 Å². The number of nitrogen functional groups attached to an aromatic ring is 1. The summed E-state index contributed by atoms with van der Waals surface area (Å²) in [6.07, 6.45) is 0. The fourth-order valence-electron chi connectivity index (χ4n) is 2.05. The zero-order chi connectivity index (χ0) is 14.5. The van der Waals surface area contributed by atoms with E-state index in [1.807, 2.05) is 4.90 Å². The molecule has 0 spiro atoms. The molecule has 1 amide bonds. The smallest absolute Gasteiger partial charge is 0.238 e. The Morgan fingerprint density at radius 3 is 2.80 bits per heavy atom. The number of anilines is 2. The zero-order valence-electron chi connectivity index (χ0n) is 11.4. The van der Waals surface area contributed by atoms with Gasteiger partial charge >= 0.3 is 0 Å². The molecular formula is C13H19N3O3S. The standard InChI is InChI=1S/C13H19N3O3S/c1-19-12-3-2-10(14)8-11(12)15-13(17)9-16-4-6-20(18)7-5-16/h2-3,8H,4-7,9,14H2,1H3,(H,15,17). The number of ether oxygens (including phenoxy) is 1. The highest BCUT2D eigenvalue weighted by Crippen LogP contribution is 2.26. The van der Waals surface area contributed by atoms with Gasteiger partial charge in [0.05, 0.1) is 19.3 Å². The van der Waals surface area contributed by atoms with E-state index >= 15 is 0 Å². The van der Waals surface area contributed by atoms with Gasteiger partial charge in [-0.05, 0) is 18.2 Å². The largest absolute Gasteiger partial charge is 0.495 e. The first-order chi connectivity index (χ1) is 9.58. The summed E-state index contributed by atoms with van der Waals surface area (Å²) < 4.78 is 16.4. The normalized spacial score (nSPS) is 16.9. The first-order valence-corrected chi connectivity index (χ1v) is 7.88. The van der Waals surface area contributed by atoms with E-state index in [0.717, 1.165) is 0 Å². The van der Waals surface area contributed by atoms with Gasteiger partial charge in [-0.3, -0.25) is 13.9 Å². The molecule has 1 saturated heterocycles. The van der Waals surface area contributed by atoms with Gasteiger partial charge < -0.3 is 15.8 Å². The van der Waals surface area contributed by atoms with Gasteiger partial charge in [0.15, 0.2) is 0 Å². The maximum atomic E-state index is 12.0.